The summed E-state index contributed by atoms with van der Waals surface area (Å²) in [5.41, 5.74) is 0.936. The molecule has 2 aromatic rings. The Bertz CT molecular complexity index is 979. The zero-order chi connectivity index (χ0) is 20.6. The number of para-hydroxylation sites is 1. The second kappa shape index (κ2) is 7.10. The molecule has 0 bridgehead atoms. The van der Waals surface area contributed by atoms with E-state index in [0.717, 1.165) is 15.8 Å². The molecular formula is C20H23N3O5. The van der Waals surface area contributed by atoms with Gasteiger partial charge in [0, 0.05) is 22.2 Å². The Kier molecular flexibility index (Phi) is 4.97. The molecule has 1 fully saturated rings. The van der Waals surface area contributed by atoms with Crippen LogP contribution in [0.15, 0.2) is 24.3 Å². The van der Waals surface area contributed by atoms with Gasteiger partial charge < -0.3 is 15.0 Å². The van der Waals surface area contributed by atoms with Crippen LogP contribution in [0.2, 0.25) is 0 Å². The first-order valence-electron chi connectivity index (χ1n) is 9.13. The second-order valence-corrected chi connectivity index (χ2v) is 7.17. The molecule has 148 valence electrons. The number of benzene rings is 1. The smallest absolute Gasteiger partial charge is 0.326 e. The van der Waals surface area contributed by atoms with Crippen LogP contribution in [-0.2, 0) is 14.3 Å². The highest BCUT2D eigenvalue weighted by Crippen LogP contribution is 2.24. The number of imide groups is 1. The van der Waals surface area contributed by atoms with Gasteiger partial charge in [-0.3, -0.25) is 19.3 Å². The van der Waals surface area contributed by atoms with Gasteiger partial charge >= 0.3 is 12.0 Å². The third-order valence-corrected chi connectivity index (χ3v) is 5.16. The number of Topliss-reactive ketones (excluding diaryl/α,β-unsaturated/α-hetero) is 1. The third-order valence-electron chi connectivity index (χ3n) is 5.16. The van der Waals surface area contributed by atoms with E-state index in [1.165, 1.54) is 6.92 Å². The first-order valence-corrected chi connectivity index (χ1v) is 9.13. The van der Waals surface area contributed by atoms with Crippen LogP contribution < -0.4 is 5.32 Å². The number of carbonyl (C=O) groups is 4. The van der Waals surface area contributed by atoms with Crippen molar-refractivity contribution < 1.29 is 23.9 Å². The standard InChI is InChI=1S/C20H23N3O5/c1-5-20(4)18(26)23(19(27)22-20)10-15(24)28-12(3)17(25)16-11(2)21-14-9-7-6-8-13(14)16/h6-9,12,21H,5,10H2,1-4H3,(H,22,27)/t12-,20-/m1/s1. The number of urea groups is 1. The minimum Gasteiger partial charge on any atom is -0.453 e. The average Bonchev–Trinajstić information content (AvgIpc) is 3.09. The number of rotatable bonds is 6. The number of nitrogens with one attached hydrogen (secondary N) is 2. The van der Waals surface area contributed by atoms with Gasteiger partial charge in [0.1, 0.15) is 12.1 Å². The summed E-state index contributed by atoms with van der Waals surface area (Å²) in [6.07, 6.45) is -0.651. The van der Waals surface area contributed by atoms with Crippen molar-refractivity contribution in [1.82, 2.24) is 15.2 Å². The van der Waals surface area contributed by atoms with Gasteiger partial charge in [-0.2, -0.15) is 0 Å². The molecule has 0 spiro atoms. The molecule has 8 heteroatoms. The van der Waals surface area contributed by atoms with Crippen molar-refractivity contribution in [3.63, 3.8) is 0 Å². The molecular weight excluding hydrogens is 362 g/mol. The largest absolute Gasteiger partial charge is 0.453 e. The lowest BCUT2D eigenvalue weighted by Gasteiger charge is -2.19. The Hall–Kier alpha value is -3.16. The Balaban J connectivity index is 1.71. The van der Waals surface area contributed by atoms with Crippen molar-refractivity contribution in [2.75, 3.05) is 6.54 Å². The number of aryl methyl sites for hydroxylation is 1. The summed E-state index contributed by atoms with van der Waals surface area (Å²) >= 11 is 0. The highest BCUT2D eigenvalue weighted by Gasteiger charge is 2.47. The molecule has 1 aliphatic heterocycles. The molecule has 1 aliphatic rings. The van der Waals surface area contributed by atoms with E-state index in [0.29, 0.717) is 17.7 Å². The molecule has 0 unspecified atom stereocenters. The number of hydrogen-bond donors (Lipinski definition) is 2. The monoisotopic (exact) mass is 385 g/mol. The second-order valence-electron chi connectivity index (χ2n) is 7.17. The van der Waals surface area contributed by atoms with Gasteiger partial charge in [-0.15, -0.1) is 0 Å². The van der Waals surface area contributed by atoms with Crippen LogP contribution in [0.5, 0.6) is 0 Å². The fraction of sp³-hybridized carbons (Fsp3) is 0.400. The fourth-order valence-corrected chi connectivity index (χ4v) is 3.34. The van der Waals surface area contributed by atoms with E-state index in [-0.39, 0.29) is 5.78 Å². The maximum atomic E-state index is 12.8. The summed E-state index contributed by atoms with van der Waals surface area (Å²) in [7, 11) is 0. The number of fused-ring (bicyclic) bond motifs is 1. The van der Waals surface area contributed by atoms with Crippen LogP contribution >= 0.6 is 0 Å². The molecule has 0 radical (unpaired) electrons. The summed E-state index contributed by atoms with van der Waals surface area (Å²) < 4.78 is 5.22. The molecule has 0 aliphatic carbocycles. The SMILES string of the molecule is CC[C@@]1(C)NC(=O)N(CC(=O)O[C@H](C)C(=O)c2c(C)[nH]c3ccccc23)C1=O. The first kappa shape index (κ1) is 19.6. The number of amides is 3. The fourth-order valence-electron chi connectivity index (χ4n) is 3.34. The highest BCUT2D eigenvalue weighted by atomic mass is 16.5. The number of ether oxygens (including phenoxy) is 1. The Morgan fingerprint density at radius 2 is 1.93 bits per heavy atom. The van der Waals surface area contributed by atoms with Gasteiger partial charge in [-0.1, -0.05) is 25.1 Å². The molecule has 2 N–H and O–H groups in total. The normalized spacial score (nSPS) is 20.4. The van der Waals surface area contributed by atoms with Crippen LogP contribution in [0.25, 0.3) is 10.9 Å². The van der Waals surface area contributed by atoms with Crippen molar-refractivity contribution >= 4 is 34.6 Å². The maximum absolute atomic E-state index is 12.8. The lowest BCUT2D eigenvalue weighted by Crippen LogP contribution is -2.43. The van der Waals surface area contributed by atoms with E-state index in [4.69, 9.17) is 4.74 Å². The van der Waals surface area contributed by atoms with Gasteiger partial charge in [0.2, 0.25) is 5.78 Å². The molecule has 2 atom stereocenters. The molecule has 2 heterocycles. The molecule has 0 saturated carbocycles. The maximum Gasteiger partial charge on any atom is 0.326 e. The number of esters is 1. The molecule has 3 rings (SSSR count). The molecule has 1 aromatic heterocycles. The van der Waals surface area contributed by atoms with Crippen molar-refractivity contribution in [2.24, 2.45) is 0 Å². The average molecular weight is 385 g/mol. The molecule has 1 saturated heterocycles. The van der Waals surface area contributed by atoms with Crippen LogP contribution in [-0.4, -0.2) is 51.8 Å². The van der Waals surface area contributed by atoms with Gasteiger partial charge in [-0.05, 0) is 33.3 Å². The van der Waals surface area contributed by atoms with E-state index in [9.17, 15) is 19.2 Å². The van der Waals surface area contributed by atoms with E-state index < -0.39 is 36.1 Å². The van der Waals surface area contributed by atoms with Gasteiger partial charge in [0.05, 0.1) is 0 Å². The Morgan fingerprint density at radius 3 is 2.57 bits per heavy atom. The van der Waals surface area contributed by atoms with Crippen LogP contribution in [0.4, 0.5) is 4.79 Å². The Morgan fingerprint density at radius 1 is 1.25 bits per heavy atom. The predicted molar refractivity (Wildman–Crippen MR) is 102 cm³/mol. The van der Waals surface area contributed by atoms with Crippen molar-refractivity contribution in [1.29, 1.82) is 0 Å². The first-order chi connectivity index (χ1) is 13.2. The number of hydrogen-bond acceptors (Lipinski definition) is 5. The zero-order valence-electron chi connectivity index (χ0n) is 16.3. The summed E-state index contributed by atoms with van der Waals surface area (Å²) in [5, 5.41) is 3.32. The van der Waals surface area contributed by atoms with E-state index >= 15 is 0 Å². The van der Waals surface area contributed by atoms with Crippen LogP contribution in [0.1, 0.15) is 43.2 Å². The van der Waals surface area contributed by atoms with Crippen LogP contribution in [0, 0.1) is 6.92 Å². The number of aromatic amines is 1. The minimum absolute atomic E-state index is 0.348. The number of aromatic nitrogens is 1. The summed E-state index contributed by atoms with van der Waals surface area (Å²) in [6.45, 7) is 6.09. The van der Waals surface area contributed by atoms with Crippen molar-refractivity contribution in [2.45, 2.75) is 45.8 Å². The van der Waals surface area contributed by atoms with Gasteiger partial charge in [-0.25, -0.2) is 4.79 Å². The van der Waals surface area contributed by atoms with Crippen molar-refractivity contribution in [3.8, 4) is 0 Å². The quantitative estimate of drug-likeness (QED) is 0.451. The molecule has 8 nitrogen and oxygen atoms in total. The van der Waals surface area contributed by atoms with Gasteiger partial charge in [0.15, 0.2) is 6.10 Å². The number of ketones is 1. The third kappa shape index (κ3) is 3.26. The lowest BCUT2D eigenvalue weighted by molar-refractivity contribution is -0.149. The zero-order valence-corrected chi connectivity index (χ0v) is 16.3. The number of nitrogens with zero attached hydrogens (tertiary/aromatic N) is 1. The number of carbonyl (C=O) groups excluding carboxylic acids is 4. The van der Waals surface area contributed by atoms with Crippen molar-refractivity contribution in [3.05, 3.63) is 35.5 Å². The Labute approximate surface area is 162 Å². The van der Waals surface area contributed by atoms with E-state index in [1.54, 1.807) is 20.8 Å². The minimum atomic E-state index is -1.05. The summed E-state index contributed by atoms with van der Waals surface area (Å²) in [6, 6.07) is 6.72. The van der Waals surface area contributed by atoms with Gasteiger partial charge in [0.25, 0.3) is 5.91 Å². The molecule has 1 aromatic carbocycles. The van der Waals surface area contributed by atoms with E-state index in [2.05, 4.69) is 10.3 Å². The highest BCUT2D eigenvalue weighted by molar-refractivity contribution is 6.12. The summed E-state index contributed by atoms with van der Waals surface area (Å²) in [5.74, 6) is -1.65. The topological polar surface area (TPSA) is 109 Å². The lowest BCUT2D eigenvalue weighted by atomic mass is 9.99. The molecule has 28 heavy (non-hydrogen) atoms. The number of H-pyrrole nitrogens is 1. The summed E-state index contributed by atoms with van der Waals surface area (Å²) in [4.78, 5) is 53.4. The predicted octanol–water partition coefficient (Wildman–Crippen LogP) is 2.31. The molecule has 3 amide bonds. The van der Waals surface area contributed by atoms with E-state index in [1.807, 2.05) is 24.3 Å². The van der Waals surface area contributed by atoms with Crippen LogP contribution in [0.3, 0.4) is 0 Å².